The molecule has 114 valence electrons. The highest BCUT2D eigenvalue weighted by atomic mass is 19.1. The van der Waals surface area contributed by atoms with Crippen LogP contribution in [0.1, 0.15) is 24.1 Å². The number of rotatable bonds is 5. The van der Waals surface area contributed by atoms with E-state index in [4.69, 9.17) is 4.52 Å². The molecule has 7 nitrogen and oxygen atoms in total. The standard InChI is InChI=1S/C14H14FN5O2/c1-2-20-13(16-9-17-20)8-19-12(18-22-14(19)21)7-10-3-5-11(15)6-4-10/h3-6,9H,2,7-8H2,1H3. The number of halogens is 1. The molecule has 3 rings (SSSR count). The van der Waals surface area contributed by atoms with Crippen LogP contribution in [0.5, 0.6) is 0 Å². The van der Waals surface area contributed by atoms with Crippen LogP contribution in [-0.2, 0) is 19.5 Å². The van der Waals surface area contributed by atoms with Crippen molar-refractivity contribution in [3.8, 4) is 0 Å². The third kappa shape index (κ3) is 2.80. The molecule has 0 aliphatic rings. The Morgan fingerprint density at radius 2 is 2.00 bits per heavy atom. The summed E-state index contributed by atoms with van der Waals surface area (Å²) in [5.41, 5.74) is 0.834. The lowest BCUT2D eigenvalue weighted by atomic mass is 10.1. The Hall–Kier alpha value is -2.77. The molecule has 0 saturated heterocycles. The van der Waals surface area contributed by atoms with Crippen LogP contribution < -0.4 is 5.76 Å². The van der Waals surface area contributed by atoms with Crippen LogP contribution in [0.4, 0.5) is 4.39 Å². The topological polar surface area (TPSA) is 78.7 Å². The van der Waals surface area contributed by atoms with Gasteiger partial charge in [-0.05, 0) is 24.6 Å². The molecular weight excluding hydrogens is 289 g/mol. The molecule has 2 heterocycles. The summed E-state index contributed by atoms with van der Waals surface area (Å²) in [5, 5.41) is 7.86. The molecule has 0 fully saturated rings. The Kier molecular flexibility index (Phi) is 3.82. The average Bonchev–Trinajstić information content (AvgIpc) is 3.11. The second-order valence-corrected chi connectivity index (χ2v) is 4.75. The third-order valence-corrected chi connectivity index (χ3v) is 3.33. The van der Waals surface area contributed by atoms with Gasteiger partial charge in [-0.1, -0.05) is 17.3 Å². The maximum atomic E-state index is 12.9. The molecule has 0 atom stereocenters. The molecular formula is C14H14FN5O2. The lowest BCUT2D eigenvalue weighted by Gasteiger charge is -2.05. The van der Waals surface area contributed by atoms with Gasteiger partial charge in [-0.25, -0.2) is 18.9 Å². The molecule has 0 unspecified atom stereocenters. The van der Waals surface area contributed by atoms with Crippen LogP contribution in [0.3, 0.4) is 0 Å². The van der Waals surface area contributed by atoms with Gasteiger partial charge in [-0.3, -0.25) is 9.09 Å². The van der Waals surface area contributed by atoms with Crippen molar-refractivity contribution in [3.05, 3.63) is 64.2 Å². The zero-order valence-electron chi connectivity index (χ0n) is 11.9. The average molecular weight is 303 g/mol. The van der Waals surface area contributed by atoms with Crippen molar-refractivity contribution in [1.29, 1.82) is 0 Å². The van der Waals surface area contributed by atoms with Gasteiger partial charge < -0.3 is 0 Å². The van der Waals surface area contributed by atoms with Crippen molar-refractivity contribution in [2.24, 2.45) is 0 Å². The normalized spacial score (nSPS) is 11.0. The van der Waals surface area contributed by atoms with Gasteiger partial charge in [0.25, 0.3) is 0 Å². The molecule has 0 bridgehead atoms. The first-order valence-corrected chi connectivity index (χ1v) is 6.84. The molecule has 0 amide bonds. The van der Waals surface area contributed by atoms with E-state index in [1.165, 1.54) is 23.0 Å². The van der Waals surface area contributed by atoms with Crippen molar-refractivity contribution in [2.45, 2.75) is 26.4 Å². The van der Waals surface area contributed by atoms with E-state index < -0.39 is 5.76 Å². The zero-order chi connectivity index (χ0) is 15.5. The first-order valence-electron chi connectivity index (χ1n) is 6.84. The highest BCUT2D eigenvalue weighted by molar-refractivity contribution is 5.19. The largest absolute Gasteiger partial charge is 0.442 e. The molecule has 3 aromatic rings. The first-order chi connectivity index (χ1) is 10.7. The van der Waals surface area contributed by atoms with Crippen molar-refractivity contribution in [3.63, 3.8) is 0 Å². The Morgan fingerprint density at radius 1 is 1.23 bits per heavy atom. The summed E-state index contributed by atoms with van der Waals surface area (Å²) in [6.45, 7) is 2.82. The molecule has 0 radical (unpaired) electrons. The van der Waals surface area contributed by atoms with Gasteiger partial charge >= 0.3 is 5.76 Å². The molecule has 0 aliphatic heterocycles. The second-order valence-electron chi connectivity index (χ2n) is 4.75. The Bertz CT molecular complexity index is 818. The maximum absolute atomic E-state index is 12.9. The monoisotopic (exact) mass is 303 g/mol. The Labute approximate surface area is 125 Å². The molecule has 8 heteroatoms. The van der Waals surface area contributed by atoms with Crippen molar-refractivity contribution >= 4 is 0 Å². The number of aryl methyl sites for hydroxylation is 1. The molecule has 0 aliphatic carbocycles. The predicted octanol–water partition coefficient (Wildman–Crippen LogP) is 1.23. The lowest BCUT2D eigenvalue weighted by Crippen LogP contribution is -2.20. The van der Waals surface area contributed by atoms with Crippen LogP contribution in [0.25, 0.3) is 0 Å². The Morgan fingerprint density at radius 3 is 2.73 bits per heavy atom. The number of benzene rings is 1. The molecule has 0 saturated carbocycles. The van der Waals surface area contributed by atoms with Gasteiger partial charge in [0.1, 0.15) is 18.0 Å². The minimum Gasteiger partial charge on any atom is -0.296 e. The summed E-state index contributed by atoms with van der Waals surface area (Å²) in [6, 6.07) is 6.03. The SMILES string of the molecule is CCn1ncnc1Cn1c(Cc2ccc(F)cc2)noc1=O. The van der Waals surface area contributed by atoms with Crippen LogP contribution in [0.2, 0.25) is 0 Å². The van der Waals surface area contributed by atoms with E-state index in [0.29, 0.717) is 24.6 Å². The van der Waals surface area contributed by atoms with Crippen molar-refractivity contribution in [2.75, 3.05) is 0 Å². The van der Waals surface area contributed by atoms with E-state index >= 15 is 0 Å². The Balaban J connectivity index is 1.87. The van der Waals surface area contributed by atoms with Gasteiger partial charge in [0.2, 0.25) is 0 Å². The summed E-state index contributed by atoms with van der Waals surface area (Å²) in [6.07, 6.45) is 1.81. The maximum Gasteiger partial charge on any atom is 0.442 e. The van der Waals surface area contributed by atoms with E-state index in [9.17, 15) is 9.18 Å². The minimum atomic E-state index is -0.553. The van der Waals surface area contributed by atoms with Crippen LogP contribution in [0, 0.1) is 5.82 Å². The minimum absolute atomic E-state index is 0.229. The quantitative estimate of drug-likeness (QED) is 0.708. The highest BCUT2D eigenvalue weighted by Crippen LogP contribution is 2.09. The summed E-state index contributed by atoms with van der Waals surface area (Å²) in [4.78, 5) is 16.0. The number of hydrogen-bond donors (Lipinski definition) is 0. The van der Waals surface area contributed by atoms with Crippen LogP contribution in [0.15, 0.2) is 39.9 Å². The highest BCUT2D eigenvalue weighted by Gasteiger charge is 2.14. The number of nitrogens with zero attached hydrogens (tertiary/aromatic N) is 5. The van der Waals surface area contributed by atoms with E-state index in [1.54, 1.807) is 16.8 Å². The van der Waals surface area contributed by atoms with E-state index in [0.717, 1.165) is 5.56 Å². The fourth-order valence-electron chi connectivity index (χ4n) is 2.18. The molecule has 22 heavy (non-hydrogen) atoms. The fourth-order valence-corrected chi connectivity index (χ4v) is 2.18. The predicted molar refractivity (Wildman–Crippen MR) is 74.8 cm³/mol. The summed E-state index contributed by atoms with van der Waals surface area (Å²) in [5.74, 6) is 0.246. The van der Waals surface area contributed by atoms with Gasteiger partial charge in [-0.2, -0.15) is 5.10 Å². The molecule has 2 aromatic heterocycles. The lowest BCUT2D eigenvalue weighted by molar-refractivity contribution is 0.374. The molecule has 0 N–H and O–H groups in total. The van der Waals surface area contributed by atoms with Gasteiger partial charge in [0.15, 0.2) is 5.82 Å². The summed E-state index contributed by atoms with van der Waals surface area (Å²) in [7, 11) is 0. The van der Waals surface area contributed by atoms with Crippen molar-refractivity contribution in [1.82, 2.24) is 24.5 Å². The molecule has 1 aromatic carbocycles. The summed E-state index contributed by atoms with van der Waals surface area (Å²) < 4.78 is 20.8. The number of hydrogen-bond acceptors (Lipinski definition) is 5. The fraction of sp³-hybridized carbons (Fsp3) is 0.286. The van der Waals surface area contributed by atoms with E-state index in [-0.39, 0.29) is 12.4 Å². The number of aromatic nitrogens is 5. The van der Waals surface area contributed by atoms with Gasteiger partial charge in [0.05, 0.1) is 6.54 Å². The molecule has 0 spiro atoms. The van der Waals surface area contributed by atoms with Crippen molar-refractivity contribution < 1.29 is 8.91 Å². The van der Waals surface area contributed by atoms with Crippen LogP contribution in [-0.4, -0.2) is 24.5 Å². The third-order valence-electron chi connectivity index (χ3n) is 3.33. The van der Waals surface area contributed by atoms with Gasteiger partial charge in [-0.15, -0.1) is 0 Å². The van der Waals surface area contributed by atoms with E-state index in [2.05, 4.69) is 15.2 Å². The van der Waals surface area contributed by atoms with Crippen LogP contribution >= 0.6 is 0 Å². The summed E-state index contributed by atoms with van der Waals surface area (Å²) >= 11 is 0. The zero-order valence-corrected chi connectivity index (χ0v) is 11.9. The first kappa shape index (κ1) is 14.2. The second kappa shape index (κ2) is 5.92. The van der Waals surface area contributed by atoms with E-state index in [1.807, 2.05) is 6.92 Å². The van der Waals surface area contributed by atoms with Gasteiger partial charge in [0, 0.05) is 13.0 Å². The smallest absolute Gasteiger partial charge is 0.296 e.